The number of hydrogen-bond donors (Lipinski definition) is 0. The third kappa shape index (κ3) is 2.88. The lowest BCUT2D eigenvalue weighted by Gasteiger charge is -2.61. The Balaban J connectivity index is 1.17. The van der Waals surface area contributed by atoms with E-state index in [4.69, 9.17) is 0 Å². The first-order valence-corrected chi connectivity index (χ1v) is 15.9. The highest BCUT2D eigenvalue weighted by Crippen LogP contribution is 2.80. The van der Waals surface area contributed by atoms with Crippen molar-refractivity contribution in [1.82, 2.24) is 0 Å². The van der Waals surface area contributed by atoms with Gasteiger partial charge in [0, 0.05) is 5.41 Å². The van der Waals surface area contributed by atoms with Crippen LogP contribution in [0.1, 0.15) is 97.0 Å². The zero-order valence-corrected chi connectivity index (χ0v) is 24.1. The molecule has 0 saturated heterocycles. The predicted molar refractivity (Wildman–Crippen MR) is 160 cm³/mol. The van der Waals surface area contributed by atoms with Gasteiger partial charge in [-0.15, -0.1) is 0 Å². The number of rotatable bonds is 2. The van der Waals surface area contributed by atoms with E-state index in [1.807, 2.05) is 0 Å². The van der Waals surface area contributed by atoms with Gasteiger partial charge >= 0.3 is 0 Å². The Labute approximate surface area is 230 Å². The normalized spacial score (nSPS) is 45.5. The van der Waals surface area contributed by atoms with Crippen molar-refractivity contribution >= 4 is 10.8 Å². The molecule has 0 radical (unpaired) electrons. The van der Waals surface area contributed by atoms with Gasteiger partial charge in [-0.05, 0) is 131 Å². The minimum atomic E-state index is 0.329. The van der Waals surface area contributed by atoms with Crippen molar-refractivity contribution in [2.45, 2.75) is 91.4 Å². The van der Waals surface area contributed by atoms with E-state index in [0.717, 1.165) is 23.7 Å². The van der Waals surface area contributed by atoms with Crippen molar-refractivity contribution < 1.29 is 0 Å². The average molecular weight is 503 g/mol. The van der Waals surface area contributed by atoms with Crippen LogP contribution in [0.2, 0.25) is 0 Å². The molecule has 6 aliphatic rings. The Morgan fingerprint density at radius 1 is 0.842 bits per heavy atom. The highest BCUT2D eigenvalue weighted by Gasteiger charge is 2.70. The second-order valence-corrected chi connectivity index (χ2v) is 15.4. The fourth-order valence-corrected chi connectivity index (χ4v) is 11.5. The lowest BCUT2D eigenvalue weighted by molar-refractivity contribution is -0.0401. The van der Waals surface area contributed by atoms with Gasteiger partial charge in [-0.2, -0.15) is 0 Å². The highest BCUT2D eigenvalue weighted by atomic mass is 14.7. The molecule has 2 bridgehead atoms. The van der Waals surface area contributed by atoms with Crippen LogP contribution in [0.15, 0.2) is 77.9 Å². The Bertz CT molecular complexity index is 1390. The Kier molecular flexibility index (Phi) is 4.86. The Morgan fingerprint density at radius 2 is 1.63 bits per heavy atom. The Morgan fingerprint density at radius 3 is 2.45 bits per heavy atom. The van der Waals surface area contributed by atoms with E-state index < -0.39 is 0 Å². The van der Waals surface area contributed by atoms with E-state index in [-0.39, 0.29) is 0 Å². The summed E-state index contributed by atoms with van der Waals surface area (Å²) in [7, 11) is 0. The Hall–Kier alpha value is -2.08. The largest absolute Gasteiger partial charge is 0.0808 e. The molecule has 0 N–H and O–H groups in total. The van der Waals surface area contributed by atoms with Crippen molar-refractivity contribution in [2.75, 3.05) is 0 Å². The van der Waals surface area contributed by atoms with Gasteiger partial charge in [0.05, 0.1) is 0 Å². The molecule has 38 heavy (non-hydrogen) atoms. The molecule has 6 aliphatic carbocycles. The summed E-state index contributed by atoms with van der Waals surface area (Å²) in [6.45, 7) is 10.4. The molecule has 0 heteroatoms. The quantitative estimate of drug-likeness (QED) is 0.383. The van der Waals surface area contributed by atoms with Crippen molar-refractivity contribution in [3.63, 3.8) is 0 Å². The smallest absolute Gasteiger partial charge is 0.00180 e. The van der Waals surface area contributed by atoms with Crippen molar-refractivity contribution in [3.8, 4) is 0 Å². The summed E-state index contributed by atoms with van der Waals surface area (Å²) in [5.41, 5.74) is 6.53. The predicted octanol–water partition coefficient (Wildman–Crippen LogP) is 10.4. The van der Waals surface area contributed by atoms with E-state index in [2.05, 4.69) is 94.5 Å². The van der Waals surface area contributed by atoms with E-state index in [9.17, 15) is 0 Å². The fraction of sp³-hybridized carbons (Fsp3) is 0.579. The van der Waals surface area contributed by atoms with Crippen LogP contribution in [-0.2, 0) is 0 Å². The van der Waals surface area contributed by atoms with E-state index in [0.29, 0.717) is 27.6 Å². The van der Waals surface area contributed by atoms with Gasteiger partial charge in [-0.3, -0.25) is 0 Å². The third-order valence-electron chi connectivity index (χ3n) is 14.2. The van der Waals surface area contributed by atoms with Crippen LogP contribution in [0.25, 0.3) is 10.8 Å². The van der Waals surface area contributed by atoms with Crippen LogP contribution in [0.5, 0.6) is 0 Å². The molecular weight excluding hydrogens is 456 g/mol. The number of benzene rings is 2. The lowest BCUT2D eigenvalue weighted by atomic mass is 9.43. The summed E-state index contributed by atoms with van der Waals surface area (Å²) in [5, 5.41) is 2.79. The maximum Gasteiger partial charge on any atom is 0.00180 e. The summed E-state index contributed by atoms with van der Waals surface area (Å²) in [6.07, 6.45) is 23.2. The minimum absolute atomic E-state index is 0.329. The number of hydrogen-bond acceptors (Lipinski definition) is 0. The van der Waals surface area contributed by atoms with E-state index >= 15 is 0 Å². The molecule has 0 nitrogen and oxygen atoms in total. The number of fused-ring (bicyclic) bond motifs is 2. The molecule has 3 fully saturated rings. The van der Waals surface area contributed by atoms with Gasteiger partial charge in [0.15, 0.2) is 0 Å². The molecule has 2 spiro atoms. The minimum Gasteiger partial charge on any atom is -0.0808 e. The molecule has 8 atom stereocenters. The van der Waals surface area contributed by atoms with Crippen LogP contribution in [-0.4, -0.2) is 0 Å². The SMILES string of the molecule is C[C@H]1CC([C@@H]2C=CC3=CC4=CC[C@]5(C)[C@@H](c6ccc7ccccc7c6)CC[C@@]5(C)C45CC[C@]3(C2)C5)C[C@@H]1C. The first-order valence-electron chi connectivity index (χ1n) is 15.9. The monoisotopic (exact) mass is 502 g/mol. The third-order valence-corrected chi connectivity index (χ3v) is 14.2. The average Bonchev–Trinajstić information content (AvgIpc) is 3.53. The number of allylic oxidation sites excluding steroid dienone is 6. The lowest BCUT2D eigenvalue weighted by Crippen LogP contribution is -2.53. The van der Waals surface area contributed by atoms with Gasteiger partial charge in [-0.1, -0.05) is 94.5 Å². The van der Waals surface area contributed by atoms with Gasteiger partial charge in [0.25, 0.3) is 0 Å². The van der Waals surface area contributed by atoms with Crippen molar-refractivity contribution in [1.29, 1.82) is 0 Å². The standard InChI is InChI=1S/C38H46/c1-25-19-31(20-26(25)2)30-11-12-32-22-33-13-15-35(3)34(29-10-9-27-7-5-6-8-28(27)21-29)14-16-36(35,4)38(33)18-17-37(32,23-30)24-38/h5-13,21-22,25-26,30-31,34H,14-20,23-24H2,1-4H3/t25-,26-,30+,34+,35+,36+,37-,38?/m0/s1. The van der Waals surface area contributed by atoms with Gasteiger partial charge in [0.1, 0.15) is 0 Å². The molecular formula is C38H46. The van der Waals surface area contributed by atoms with Gasteiger partial charge in [0.2, 0.25) is 0 Å². The molecule has 2 aromatic carbocycles. The summed E-state index contributed by atoms with van der Waals surface area (Å²) in [6, 6.07) is 16.3. The summed E-state index contributed by atoms with van der Waals surface area (Å²) in [5.74, 6) is 4.18. The molecule has 8 rings (SSSR count). The second kappa shape index (κ2) is 7.77. The van der Waals surface area contributed by atoms with E-state index in [1.54, 1.807) is 16.7 Å². The summed E-state index contributed by atoms with van der Waals surface area (Å²) < 4.78 is 0. The molecule has 1 unspecified atom stereocenters. The topological polar surface area (TPSA) is 0 Å². The molecule has 0 heterocycles. The molecule has 2 aromatic rings. The summed E-state index contributed by atoms with van der Waals surface area (Å²) in [4.78, 5) is 0. The van der Waals surface area contributed by atoms with Gasteiger partial charge < -0.3 is 0 Å². The molecule has 3 saturated carbocycles. The van der Waals surface area contributed by atoms with Crippen LogP contribution >= 0.6 is 0 Å². The molecule has 0 amide bonds. The maximum atomic E-state index is 2.75. The summed E-state index contributed by atoms with van der Waals surface area (Å²) >= 11 is 0. The van der Waals surface area contributed by atoms with Crippen molar-refractivity contribution in [2.24, 2.45) is 45.3 Å². The van der Waals surface area contributed by atoms with E-state index in [1.165, 1.54) is 68.6 Å². The molecule has 198 valence electrons. The maximum absolute atomic E-state index is 2.75. The van der Waals surface area contributed by atoms with Crippen LogP contribution in [0.4, 0.5) is 0 Å². The molecule has 0 aromatic heterocycles. The first-order chi connectivity index (χ1) is 18.3. The second-order valence-electron chi connectivity index (χ2n) is 15.4. The van der Waals surface area contributed by atoms with Crippen LogP contribution in [0, 0.1) is 45.3 Å². The molecule has 0 aliphatic heterocycles. The van der Waals surface area contributed by atoms with Crippen LogP contribution in [0.3, 0.4) is 0 Å². The highest BCUT2D eigenvalue weighted by molar-refractivity contribution is 5.83. The fourth-order valence-electron chi connectivity index (χ4n) is 11.5. The zero-order chi connectivity index (χ0) is 25.9. The first kappa shape index (κ1) is 23.8. The van der Waals surface area contributed by atoms with Gasteiger partial charge in [-0.25, -0.2) is 0 Å². The zero-order valence-electron chi connectivity index (χ0n) is 24.1. The van der Waals surface area contributed by atoms with Crippen LogP contribution < -0.4 is 0 Å². The van der Waals surface area contributed by atoms with Crippen molar-refractivity contribution in [3.05, 3.63) is 83.5 Å².